The minimum absolute atomic E-state index is 0.283. The van der Waals surface area contributed by atoms with Gasteiger partial charge in [-0.05, 0) is 19.1 Å². The Hall–Kier alpha value is -1.83. The van der Waals surface area contributed by atoms with Gasteiger partial charge in [0, 0.05) is 6.54 Å². The molecule has 1 amide bonds. The summed E-state index contributed by atoms with van der Waals surface area (Å²) in [5.41, 5.74) is 5.47. The maximum Gasteiger partial charge on any atom is 0.399 e. The number of alkyl halides is 3. The first kappa shape index (κ1) is 15.6. The lowest BCUT2D eigenvalue weighted by Gasteiger charge is -2.35. The summed E-state index contributed by atoms with van der Waals surface area (Å²) in [5.74, 6) is -2.26. The molecule has 0 fully saturated rings. The van der Waals surface area contributed by atoms with Crippen LogP contribution in [0, 0.1) is 5.92 Å². The van der Waals surface area contributed by atoms with E-state index in [0.717, 1.165) is 4.90 Å². The number of rotatable bonds is 3. The second-order valence-corrected chi connectivity index (χ2v) is 5.14. The molecule has 2 unspecified atom stereocenters. The molecule has 0 spiro atoms. The van der Waals surface area contributed by atoms with Crippen molar-refractivity contribution < 1.29 is 22.7 Å². The topological polar surface area (TPSA) is 55.6 Å². The molecule has 0 saturated carbocycles. The van der Waals surface area contributed by atoms with Gasteiger partial charge in [0.1, 0.15) is 11.7 Å². The van der Waals surface area contributed by atoms with E-state index in [1.165, 1.54) is 13.0 Å². The molecule has 1 aromatic carbocycles. The van der Waals surface area contributed by atoms with Gasteiger partial charge in [0.05, 0.1) is 10.7 Å². The molecule has 2 atom stereocenters. The van der Waals surface area contributed by atoms with Crippen LogP contribution in [0.5, 0.6) is 5.75 Å². The molecule has 2 N–H and O–H groups in total. The number of amides is 1. The standard InChI is InChI=1S/C13H13F3N2O2S/c1-7-12(19)18(6-8(11(17)21)13(14,15)16)9-4-2-3-5-10(9)20-7/h2-5,7-8H,6H2,1H3,(H2,17,21). The monoisotopic (exact) mass is 318 g/mol. The minimum Gasteiger partial charge on any atom is -0.479 e. The zero-order valence-electron chi connectivity index (χ0n) is 11.1. The maximum absolute atomic E-state index is 13.0. The van der Waals surface area contributed by atoms with Crippen LogP contribution in [0.25, 0.3) is 0 Å². The number of hydrogen-bond donors (Lipinski definition) is 1. The second-order valence-electron chi connectivity index (χ2n) is 4.67. The third-order valence-electron chi connectivity index (χ3n) is 3.18. The highest BCUT2D eigenvalue weighted by Crippen LogP contribution is 2.36. The Kier molecular flexibility index (Phi) is 4.08. The Labute approximate surface area is 124 Å². The van der Waals surface area contributed by atoms with Crippen molar-refractivity contribution in [2.75, 3.05) is 11.4 Å². The number of nitrogens with two attached hydrogens (primary N) is 1. The number of benzene rings is 1. The molecule has 1 aromatic rings. The number of carbonyl (C=O) groups excluding carboxylic acids is 1. The number of nitrogens with zero attached hydrogens (tertiary/aromatic N) is 1. The number of halogens is 3. The number of para-hydroxylation sites is 2. The van der Waals surface area contributed by atoms with Crippen molar-refractivity contribution in [3.05, 3.63) is 24.3 Å². The second kappa shape index (κ2) is 5.51. The van der Waals surface area contributed by atoms with Crippen molar-refractivity contribution in [3.63, 3.8) is 0 Å². The van der Waals surface area contributed by atoms with E-state index < -0.39 is 35.6 Å². The average Bonchev–Trinajstić information content (AvgIpc) is 2.37. The fourth-order valence-electron chi connectivity index (χ4n) is 2.08. The van der Waals surface area contributed by atoms with Crippen LogP contribution in [-0.2, 0) is 4.79 Å². The average molecular weight is 318 g/mol. The van der Waals surface area contributed by atoms with E-state index in [1.807, 2.05) is 0 Å². The predicted octanol–water partition coefficient (Wildman–Crippen LogP) is 2.27. The molecule has 21 heavy (non-hydrogen) atoms. The van der Waals surface area contributed by atoms with Gasteiger partial charge in [0.2, 0.25) is 0 Å². The first-order valence-electron chi connectivity index (χ1n) is 6.15. The van der Waals surface area contributed by atoms with Crippen LogP contribution in [-0.4, -0.2) is 29.7 Å². The van der Waals surface area contributed by atoms with E-state index in [4.69, 9.17) is 10.5 Å². The summed E-state index contributed by atoms with van der Waals surface area (Å²) in [6, 6.07) is 6.40. The fourth-order valence-corrected chi connectivity index (χ4v) is 2.29. The predicted molar refractivity (Wildman–Crippen MR) is 75.2 cm³/mol. The van der Waals surface area contributed by atoms with Gasteiger partial charge in [-0.3, -0.25) is 4.79 Å². The molecule has 8 heteroatoms. The maximum atomic E-state index is 13.0. The Morgan fingerprint density at radius 2 is 2.10 bits per heavy atom. The number of hydrogen-bond acceptors (Lipinski definition) is 3. The van der Waals surface area contributed by atoms with Crippen LogP contribution in [0.15, 0.2) is 24.3 Å². The number of ether oxygens (including phenoxy) is 1. The summed E-state index contributed by atoms with van der Waals surface area (Å²) < 4.78 is 44.3. The number of anilines is 1. The molecular formula is C13H13F3N2O2S. The van der Waals surface area contributed by atoms with Crippen molar-refractivity contribution in [1.29, 1.82) is 0 Å². The van der Waals surface area contributed by atoms with Crippen LogP contribution in [0.2, 0.25) is 0 Å². The fraction of sp³-hybridized carbons (Fsp3) is 0.385. The molecule has 0 aromatic heterocycles. The Morgan fingerprint density at radius 1 is 1.48 bits per heavy atom. The minimum atomic E-state index is -4.61. The Morgan fingerprint density at radius 3 is 2.67 bits per heavy atom. The highest BCUT2D eigenvalue weighted by atomic mass is 32.1. The van der Waals surface area contributed by atoms with Gasteiger partial charge in [0.25, 0.3) is 5.91 Å². The summed E-state index contributed by atoms with van der Waals surface area (Å²) in [7, 11) is 0. The summed E-state index contributed by atoms with van der Waals surface area (Å²) in [4.78, 5) is 12.5. The molecule has 1 heterocycles. The summed E-state index contributed by atoms with van der Waals surface area (Å²) in [6.45, 7) is 0.830. The first-order chi connectivity index (χ1) is 9.71. The molecule has 114 valence electrons. The van der Waals surface area contributed by atoms with Crippen molar-refractivity contribution in [2.45, 2.75) is 19.2 Å². The van der Waals surface area contributed by atoms with Crippen LogP contribution in [0.4, 0.5) is 18.9 Å². The van der Waals surface area contributed by atoms with Crippen LogP contribution in [0.3, 0.4) is 0 Å². The lowest BCUT2D eigenvalue weighted by atomic mass is 10.1. The largest absolute Gasteiger partial charge is 0.479 e. The highest BCUT2D eigenvalue weighted by molar-refractivity contribution is 7.80. The van der Waals surface area contributed by atoms with E-state index in [9.17, 15) is 18.0 Å². The van der Waals surface area contributed by atoms with Crippen LogP contribution in [0.1, 0.15) is 6.92 Å². The van der Waals surface area contributed by atoms with Gasteiger partial charge in [-0.25, -0.2) is 0 Å². The van der Waals surface area contributed by atoms with E-state index in [-0.39, 0.29) is 5.69 Å². The smallest absolute Gasteiger partial charge is 0.399 e. The molecule has 0 saturated heterocycles. The van der Waals surface area contributed by atoms with Crippen molar-refractivity contribution in [3.8, 4) is 5.75 Å². The third kappa shape index (κ3) is 3.10. The lowest BCUT2D eigenvalue weighted by Crippen LogP contribution is -2.51. The molecule has 1 aliphatic heterocycles. The lowest BCUT2D eigenvalue weighted by molar-refractivity contribution is -0.153. The molecule has 0 aliphatic carbocycles. The van der Waals surface area contributed by atoms with Crippen LogP contribution >= 0.6 is 12.2 Å². The summed E-state index contributed by atoms with van der Waals surface area (Å²) in [5, 5.41) is 0. The normalized spacial score (nSPS) is 19.7. The summed E-state index contributed by atoms with van der Waals surface area (Å²) >= 11 is 4.49. The highest BCUT2D eigenvalue weighted by Gasteiger charge is 2.45. The van der Waals surface area contributed by atoms with Crippen molar-refractivity contribution in [2.24, 2.45) is 11.7 Å². The SMILES string of the molecule is CC1Oc2ccccc2N(CC(C(N)=S)C(F)(F)F)C1=O. The van der Waals surface area contributed by atoms with E-state index in [0.29, 0.717) is 5.75 Å². The Bertz CT molecular complexity index is 577. The van der Waals surface area contributed by atoms with Gasteiger partial charge in [0.15, 0.2) is 6.10 Å². The van der Waals surface area contributed by atoms with Gasteiger partial charge < -0.3 is 15.4 Å². The molecular weight excluding hydrogens is 305 g/mol. The quantitative estimate of drug-likeness (QED) is 0.869. The van der Waals surface area contributed by atoms with Crippen LogP contribution < -0.4 is 15.4 Å². The molecule has 2 rings (SSSR count). The molecule has 4 nitrogen and oxygen atoms in total. The zero-order valence-corrected chi connectivity index (χ0v) is 11.9. The molecule has 0 radical (unpaired) electrons. The zero-order chi connectivity index (χ0) is 15.8. The van der Waals surface area contributed by atoms with Gasteiger partial charge in [-0.15, -0.1) is 0 Å². The summed E-state index contributed by atoms with van der Waals surface area (Å²) in [6.07, 6.45) is -5.47. The number of carbonyl (C=O) groups is 1. The molecule has 0 bridgehead atoms. The van der Waals surface area contributed by atoms with Crippen molar-refractivity contribution >= 4 is 28.8 Å². The van der Waals surface area contributed by atoms with Gasteiger partial charge in [-0.2, -0.15) is 13.2 Å². The number of thiocarbonyl (C=S) groups is 1. The molecule has 1 aliphatic rings. The third-order valence-corrected chi connectivity index (χ3v) is 3.46. The van der Waals surface area contributed by atoms with E-state index in [1.54, 1.807) is 18.2 Å². The first-order valence-corrected chi connectivity index (χ1v) is 6.55. The Balaban J connectivity index is 2.38. The van der Waals surface area contributed by atoms with E-state index >= 15 is 0 Å². The van der Waals surface area contributed by atoms with Gasteiger partial charge in [-0.1, -0.05) is 24.4 Å². The van der Waals surface area contributed by atoms with E-state index in [2.05, 4.69) is 12.2 Å². The van der Waals surface area contributed by atoms with Gasteiger partial charge >= 0.3 is 6.18 Å². The number of fused-ring (bicyclic) bond motifs is 1. The van der Waals surface area contributed by atoms with Crippen molar-refractivity contribution in [1.82, 2.24) is 0 Å².